The summed E-state index contributed by atoms with van der Waals surface area (Å²) in [6, 6.07) is 6.36. The Kier molecular flexibility index (Phi) is 6.05. The Morgan fingerprint density at radius 3 is 3.00 bits per heavy atom. The molecule has 2 N–H and O–H groups in total. The summed E-state index contributed by atoms with van der Waals surface area (Å²) in [4.78, 5) is 2.29. The van der Waals surface area contributed by atoms with Gasteiger partial charge in [0.1, 0.15) is 0 Å². The average Bonchev–Trinajstić information content (AvgIpc) is 2.42. The van der Waals surface area contributed by atoms with E-state index in [4.69, 9.17) is 4.74 Å². The molecule has 0 aliphatic carbocycles. The number of hydrogen-bond donors (Lipinski definition) is 2. The van der Waals surface area contributed by atoms with Gasteiger partial charge in [0, 0.05) is 43.4 Å². The monoisotopic (exact) mass is 356 g/mol. The molecule has 0 radical (unpaired) electrons. The maximum absolute atomic E-state index is 10.3. The lowest BCUT2D eigenvalue weighted by molar-refractivity contribution is 0.0449. The standard InChI is InChI=1S/C16H25BrN2O2/c1-16(20)6-3-8-19(12-16)15-5-4-14(17)10-13(15)11-18-7-9-21-2/h4-5,10,18,20H,3,6-9,11-12H2,1-2H3. The second kappa shape index (κ2) is 7.58. The third-order valence-electron chi connectivity index (χ3n) is 3.86. The van der Waals surface area contributed by atoms with Crippen molar-refractivity contribution in [1.82, 2.24) is 5.32 Å². The predicted molar refractivity (Wildman–Crippen MR) is 89.8 cm³/mol. The zero-order chi connectivity index (χ0) is 15.3. The molecule has 1 fully saturated rings. The van der Waals surface area contributed by atoms with E-state index in [0.717, 1.165) is 36.9 Å². The summed E-state index contributed by atoms with van der Waals surface area (Å²) >= 11 is 3.55. The van der Waals surface area contributed by atoms with Gasteiger partial charge in [0.05, 0.1) is 12.2 Å². The molecule has 1 aromatic carbocycles. The van der Waals surface area contributed by atoms with Crippen LogP contribution in [0.3, 0.4) is 0 Å². The second-order valence-corrected chi connectivity index (χ2v) is 6.88. The van der Waals surface area contributed by atoms with Gasteiger partial charge < -0.3 is 20.1 Å². The highest BCUT2D eigenvalue weighted by Crippen LogP contribution is 2.30. The highest BCUT2D eigenvalue weighted by Gasteiger charge is 2.29. The molecular formula is C16H25BrN2O2. The number of methoxy groups -OCH3 is 1. The van der Waals surface area contributed by atoms with Gasteiger partial charge in [-0.05, 0) is 43.5 Å². The van der Waals surface area contributed by atoms with Crippen LogP contribution < -0.4 is 10.2 Å². The Hall–Kier alpha value is -0.620. The molecule has 1 atom stereocenters. The molecule has 1 aliphatic rings. The summed E-state index contributed by atoms with van der Waals surface area (Å²) in [6.45, 7) is 5.97. The molecule has 0 bridgehead atoms. The molecule has 21 heavy (non-hydrogen) atoms. The van der Waals surface area contributed by atoms with Crippen LogP contribution in [0.4, 0.5) is 5.69 Å². The van der Waals surface area contributed by atoms with Crippen molar-refractivity contribution >= 4 is 21.6 Å². The van der Waals surface area contributed by atoms with Gasteiger partial charge in [0.25, 0.3) is 0 Å². The van der Waals surface area contributed by atoms with Gasteiger partial charge in [-0.1, -0.05) is 15.9 Å². The lowest BCUT2D eigenvalue weighted by Gasteiger charge is -2.39. The number of aliphatic hydroxyl groups is 1. The molecule has 1 saturated heterocycles. The Morgan fingerprint density at radius 2 is 2.29 bits per heavy atom. The van der Waals surface area contributed by atoms with Gasteiger partial charge in [-0.2, -0.15) is 0 Å². The number of halogens is 1. The molecule has 118 valence electrons. The fraction of sp³-hybridized carbons (Fsp3) is 0.625. The number of piperidine rings is 1. The van der Waals surface area contributed by atoms with Crippen molar-refractivity contribution in [2.75, 3.05) is 38.3 Å². The minimum atomic E-state index is -0.591. The Labute approximate surface area is 135 Å². The normalized spacial score (nSPS) is 22.6. The number of ether oxygens (including phenoxy) is 1. The van der Waals surface area contributed by atoms with E-state index in [-0.39, 0.29) is 0 Å². The topological polar surface area (TPSA) is 44.7 Å². The van der Waals surface area contributed by atoms with Gasteiger partial charge in [-0.3, -0.25) is 0 Å². The van der Waals surface area contributed by atoms with Crippen LogP contribution in [0.2, 0.25) is 0 Å². The summed E-state index contributed by atoms with van der Waals surface area (Å²) in [5.74, 6) is 0. The summed E-state index contributed by atoms with van der Waals surface area (Å²) in [5.41, 5.74) is 1.87. The molecule has 0 aromatic heterocycles. The van der Waals surface area contributed by atoms with Gasteiger partial charge in [-0.15, -0.1) is 0 Å². The van der Waals surface area contributed by atoms with Crippen LogP contribution in [-0.4, -0.2) is 44.1 Å². The van der Waals surface area contributed by atoms with E-state index in [9.17, 15) is 5.11 Å². The number of nitrogens with zero attached hydrogens (tertiary/aromatic N) is 1. The predicted octanol–water partition coefficient (Wildman–Crippen LogP) is 2.54. The number of benzene rings is 1. The Bertz CT molecular complexity index is 466. The van der Waals surface area contributed by atoms with E-state index in [1.165, 1.54) is 11.3 Å². The van der Waals surface area contributed by atoms with Crippen molar-refractivity contribution in [1.29, 1.82) is 0 Å². The highest BCUT2D eigenvalue weighted by atomic mass is 79.9. The van der Waals surface area contributed by atoms with Crippen LogP contribution in [0, 0.1) is 0 Å². The van der Waals surface area contributed by atoms with Crippen LogP contribution in [-0.2, 0) is 11.3 Å². The number of hydrogen-bond acceptors (Lipinski definition) is 4. The molecule has 5 heteroatoms. The van der Waals surface area contributed by atoms with Crippen LogP contribution in [0.15, 0.2) is 22.7 Å². The zero-order valence-electron chi connectivity index (χ0n) is 12.9. The largest absolute Gasteiger partial charge is 0.388 e. The van der Waals surface area contributed by atoms with Crippen molar-refractivity contribution in [3.63, 3.8) is 0 Å². The van der Waals surface area contributed by atoms with Gasteiger partial charge in [0.15, 0.2) is 0 Å². The minimum absolute atomic E-state index is 0.591. The molecule has 1 aromatic rings. The summed E-state index contributed by atoms with van der Waals surface area (Å²) in [5, 5.41) is 13.7. The zero-order valence-corrected chi connectivity index (χ0v) is 14.4. The number of β-amino-alcohol motifs (C(OH)–C–C–N with tert-alkyl or cyclic N) is 1. The number of anilines is 1. The van der Waals surface area contributed by atoms with E-state index in [0.29, 0.717) is 13.2 Å². The van der Waals surface area contributed by atoms with Crippen LogP contribution in [0.5, 0.6) is 0 Å². The Morgan fingerprint density at radius 1 is 1.48 bits per heavy atom. The van der Waals surface area contributed by atoms with E-state index in [2.05, 4.69) is 44.3 Å². The lowest BCUT2D eigenvalue weighted by atomic mass is 9.94. The quantitative estimate of drug-likeness (QED) is 0.768. The first-order valence-electron chi connectivity index (χ1n) is 7.47. The van der Waals surface area contributed by atoms with Crippen LogP contribution >= 0.6 is 15.9 Å². The van der Waals surface area contributed by atoms with Gasteiger partial charge in [-0.25, -0.2) is 0 Å². The first-order chi connectivity index (χ1) is 10.0. The highest BCUT2D eigenvalue weighted by molar-refractivity contribution is 9.10. The molecule has 0 spiro atoms. The van der Waals surface area contributed by atoms with E-state index >= 15 is 0 Å². The molecule has 1 unspecified atom stereocenters. The first-order valence-corrected chi connectivity index (χ1v) is 8.26. The molecule has 1 aliphatic heterocycles. The fourth-order valence-corrected chi connectivity index (χ4v) is 3.24. The molecule has 4 nitrogen and oxygen atoms in total. The summed E-state index contributed by atoms with van der Waals surface area (Å²) < 4.78 is 6.14. The number of nitrogens with one attached hydrogen (secondary N) is 1. The van der Waals surface area contributed by atoms with Crippen LogP contribution in [0.1, 0.15) is 25.3 Å². The SMILES string of the molecule is COCCNCc1cc(Br)ccc1N1CCCC(C)(O)C1. The third kappa shape index (κ3) is 4.95. The lowest BCUT2D eigenvalue weighted by Crippen LogP contribution is -2.46. The van der Waals surface area contributed by atoms with E-state index in [1.54, 1.807) is 7.11 Å². The molecule has 1 heterocycles. The summed E-state index contributed by atoms with van der Waals surface area (Å²) in [7, 11) is 1.71. The molecule has 0 amide bonds. The van der Waals surface area contributed by atoms with Crippen molar-refractivity contribution in [2.45, 2.75) is 31.9 Å². The van der Waals surface area contributed by atoms with Crippen molar-refractivity contribution in [3.8, 4) is 0 Å². The summed E-state index contributed by atoms with van der Waals surface area (Å²) in [6.07, 6.45) is 1.90. The molecule has 0 saturated carbocycles. The maximum Gasteiger partial charge on any atom is 0.0794 e. The minimum Gasteiger partial charge on any atom is -0.388 e. The average molecular weight is 357 g/mol. The maximum atomic E-state index is 10.3. The van der Waals surface area contributed by atoms with Crippen molar-refractivity contribution in [3.05, 3.63) is 28.2 Å². The Balaban J connectivity index is 2.10. The first kappa shape index (κ1) is 16.7. The second-order valence-electron chi connectivity index (χ2n) is 5.96. The van der Waals surface area contributed by atoms with Crippen molar-refractivity contribution < 1.29 is 9.84 Å². The molecular weight excluding hydrogens is 332 g/mol. The van der Waals surface area contributed by atoms with E-state index in [1.807, 2.05) is 6.92 Å². The van der Waals surface area contributed by atoms with Gasteiger partial charge in [0.2, 0.25) is 0 Å². The molecule has 2 rings (SSSR count). The smallest absolute Gasteiger partial charge is 0.0794 e. The van der Waals surface area contributed by atoms with Gasteiger partial charge >= 0.3 is 0 Å². The van der Waals surface area contributed by atoms with E-state index < -0.39 is 5.60 Å². The third-order valence-corrected chi connectivity index (χ3v) is 4.35. The fourth-order valence-electron chi connectivity index (χ4n) is 2.83. The van der Waals surface area contributed by atoms with Crippen LogP contribution in [0.25, 0.3) is 0 Å². The number of rotatable bonds is 6. The van der Waals surface area contributed by atoms with Crippen molar-refractivity contribution in [2.24, 2.45) is 0 Å².